The highest BCUT2D eigenvalue weighted by atomic mass is 14.5. The average molecular weight is 124 g/mol. The molecule has 0 saturated heterocycles. The molecular weight excluding hydrogens is 108 g/mol. The summed E-state index contributed by atoms with van der Waals surface area (Å²) in [6.07, 6.45) is 7.63. The lowest BCUT2D eigenvalue weighted by Gasteiger charge is -1.91. The van der Waals surface area contributed by atoms with Crippen LogP contribution < -0.4 is 0 Å². The van der Waals surface area contributed by atoms with Crippen LogP contribution in [-0.4, -0.2) is 0 Å². The van der Waals surface area contributed by atoms with E-state index in [2.05, 4.69) is 6.92 Å². The molecule has 0 radical (unpaired) electrons. The van der Waals surface area contributed by atoms with Crippen LogP contribution in [0.1, 0.15) is 39.0 Å². The first-order valence-corrected chi connectivity index (χ1v) is 4.42. The minimum atomic E-state index is 1.17. The van der Waals surface area contributed by atoms with E-state index in [9.17, 15) is 0 Å². The van der Waals surface area contributed by atoms with E-state index in [0.29, 0.717) is 0 Å². The van der Waals surface area contributed by atoms with Gasteiger partial charge in [0.15, 0.2) is 0 Å². The van der Waals surface area contributed by atoms with Gasteiger partial charge in [-0.05, 0) is 37.0 Å². The topological polar surface area (TPSA) is 0 Å². The van der Waals surface area contributed by atoms with Gasteiger partial charge in [0.25, 0.3) is 0 Å². The van der Waals surface area contributed by atoms with E-state index in [0.717, 1.165) is 0 Å². The molecule has 0 amide bonds. The lowest BCUT2D eigenvalue weighted by molar-refractivity contribution is 0.587. The first-order valence-electron chi connectivity index (χ1n) is 4.42. The Morgan fingerprint density at radius 2 is 2.11 bits per heavy atom. The van der Waals surface area contributed by atoms with Crippen LogP contribution in [0.3, 0.4) is 0 Å². The van der Waals surface area contributed by atoms with Gasteiger partial charge in [0, 0.05) is 0 Å². The number of rotatable bonds is 3. The van der Waals surface area contributed by atoms with Gasteiger partial charge in [-0.1, -0.05) is 19.8 Å². The van der Waals surface area contributed by atoms with E-state index in [-0.39, 0.29) is 0 Å². The Balaban J connectivity index is 1.69. The first kappa shape index (κ1) is 5.76. The SMILES string of the molecule is CCCC1CC1C1CC1. The summed E-state index contributed by atoms with van der Waals surface area (Å²) in [5, 5.41) is 0. The van der Waals surface area contributed by atoms with Crippen LogP contribution in [0.15, 0.2) is 0 Å². The molecule has 0 nitrogen and oxygen atoms in total. The molecule has 2 atom stereocenters. The second-order valence-corrected chi connectivity index (χ2v) is 3.79. The summed E-state index contributed by atoms with van der Waals surface area (Å²) in [5.41, 5.74) is 0. The summed E-state index contributed by atoms with van der Waals surface area (Å²) in [4.78, 5) is 0. The van der Waals surface area contributed by atoms with Crippen molar-refractivity contribution in [2.45, 2.75) is 39.0 Å². The van der Waals surface area contributed by atoms with Crippen molar-refractivity contribution in [3.63, 3.8) is 0 Å². The Bertz CT molecular complexity index is 103. The van der Waals surface area contributed by atoms with Crippen molar-refractivity contribution < 1.29 is 0 Å². The zero-order valence-electron chi connectivity index (χ0n) is 6.27. The maximum atomic E-state index is 2.31. The first-order chi connectivity index (χ1) is 4.42. The molecule has 0 heteroatoms. The summed E-state index contributed by atoms with van der Waals surface area (Å²) >= 11 is 0. The van der Waals surface area contributed by atoms with Crippen molar-refractivity contribution in [1.82, 2.24) is 0 Å². The zero-order chi connectivity index (χ0) is 6.27. The Morgan fingerprint density at radius 3 is 2.67 bits per heavy atom. The highest BCUT2D eigenvalue weighted by molar-refractivity contribution is 4.96. The average Bonchev–Trinajstić information content (AvgIpc) is 2.58. The molecule has 2 aliphatic rings. The molecule has 0 aromatic carbocycles. The molecule has 0 aromatic rings. The molecule has 52 valence electrons. The maximum absolute atomic E-state index is 2.31. The summed E-state index contributed by atoms with van der Waals surface area (Å²) in [5.74, 6) is 3.56. The van der Waals surface area contributed by atoms with Crippen molar-refractivity contribution in [3.8, 4) is 0 Å². The molecule has 0 heterocycles. The molecule has 2 unspecified atom stereocenters. The molecule has 0 aliphatic heterocycles. The van der Waals surface area contributed by atoms with Gasteiger partial charge in [-0.25, -0.2) is 0 Å². The second-order valence-electron chi connectivity index (χ2n) is 3.79. The molecule has 2 saturated carbocycles. The van der Waals surface area contributed by atoms with Gasteiger partial charge >= 0.3 is 0 Å². The Labute approximate surface area is 57.6 Å². The van der Waals surface area contributed by atoms with Gasteiger partial charge in [0.2, 0.25) is 0 Å². The summed E-state index contributed by atoms with van der Waals surface area (Å²) in [6.45, 7) is 2.31. The summed E-state index contributed by atoms with van der Waals surface area (Å²) in [7, 11) is 0. The van der Waals surface area contributed by atoms with E-state index < -0.39 is 0 Å². The van der Waals surface area contributed by atoms with E-state index in [4.69, 9.17) is 0 Å². The molecule has 9 heavy (non-hydrogen) atoms. The fraction of sp³-hybridized carbons (Fsp3) is 1.00. The molecule has 0 aromatic heterocycles. The van der Waals surface area contributed by atoms with Crippen molar-refractivity contribution in [2.75, 3.05) is 0 Å². The Hall–Kier alpha value is 0. The third-order valence-corrected chi connectivity index (χ3v) is 2.86. The van der Waals surface area contributed by atoms with E-state index in [1.807, 2.05) is 0 Å². The van der Waals surface area contributed by atoms with Gasteiger partial charge in [-0.3, -0.25) is 0 Å². The van der Waals surface area contributed by atoms with Crippen molar-refractivity contribution in [2.24, 2.45) is 17.8 Å². The van der Waals surface area contributed by atoms with Crippen LogP contribution >= 0.6 is 0 Å². The van der Waals surface area contributed by atoms with Crippen molar-refractivity contribution in [3.05, 3.63) is 0 Å². The van der Waals surface area contributed by atoms with Gasteiger partial charge in [0.05, 0.1) is 0 Å². The standard InChI is InChI=1S/C9H16/c1-2-3-8-6-9(8)7-4-5-7/h7-9H,2-6H2,1H3. The monoisotopic (exact) mass is 124 g/mol. The zero-order valence-corrected chi connectivity index (χ0v) is 6.27. The van der Waals surface area contributed by atoms with Crippen LogP contribution in [0.25, 0.3) is 0 Å². The van der Waals surface area contributed by atoms with E-state index in [1.54, 1.807) is 19.3 Å². The fourth-order valence-electron chi connectivity index (χ4n) is 2.08. The summed E-state index contributed by atoms with van der Waals surface area (Å²) < 4.78 is 0. The molecule has 2 rings (SSSR count). The van der Waals surface area contributed by atoms with Gasteiger partial charge in [0.1, 0.15) is 0 Å². The Kier molecular flexibility index (Phi) is 1.28. The second kappa shape index (κ2) is 2.00. The third-order valence-electron chi connectivity index (χ3n) is 2.86. The van der Waals surface area contributed by atoms with Crippen LogP contribution in [-0.2, 0) is 0 Å². The normalized spacial score (nSPS) is 41.0. The minimum absolute atomic E-state index is 1.17. The van der Waals surface area contributed by atoms with Crippen LogP contribution in [0.4, 0.5) is 0 Å². The van der Waals surface area contributed by atoms with Gasteiger partial charge in [-0.15, -0.1) is 0 Å². The van der Waals surface area contributed by atoms with Gasteiger partial charge < -0.3 is 0 Å². The third kappa shape index (κ3) is 1.12. The molecular formula is C9H16. The highest BCUT2D eigenvalue weighted by Crippen LogP contribution is 2.55. The number of hydrogen-bond acceptors (Lipinski definition) is 0. The lowest BCUT2D eigenvalue weighted by Crippen LogP contribution is -1.82. The van der Waals surface area contributed by atoms with Crippen LogP contribution in [0.5, 0.6) is 0 Å². The molecule has 2 fully saturated rings. The summed E-state index contributed by atoms with van der Waals surface area (Å²) in [6, 6.07) is 0. The highest BCUT2D eigenvalue weighted by Gasteiger charge is 2.46. The maximum Gasteiger partial charge on any atom is -0.0355 e. The Morgan fingerprint density at radius 1 is 1.33 bits per heavy atom. The van der Waals surface area contributed by atoms with Gasteiger partial charge in [-0.2, -0.15) is 0 Å². The lowest BCUT2D eigenvalue weighted by atomic mass is 10.1. The largest absolute Gasteiger partial charge is 0.0654 e. The van der Waals surface area contributed by atoms with E-state index >= 15 is 0 Å². The van der Waals surface area contributed by atoms with Crippen molar-refractivity contribution in [1.29, 1.82) is 0 Å². The molecule has 0 bridgehead atoms. The molecule has 2 aliphatic carbocycles. The van der Waals surface area contributed by atoms with E-state index in [1.165, 1.54) is 30.6 Å². The molecule has 0 N–H and O–H groups in total. The van der Waals surface area contributed by atoms with Crippen LogP contribution in [0, 0.1) is 17.8 Å². The fourth-order valence-corrected chi connectivity index (χ4v) is 2.08. The van der Waals surface area contributed by atoms with Crippen molar-refractivity contribution >= 4 is 0 Å². The molecule has 0 spiro atoms. The quantitative estimate of drug-likeness (QED) is 0.542. The minimum Gasteiger partial charge on any atom is -0.0654 e. The van der Waals surface area contributed by atoms with Crippen LogP contribution in [0.2, 0.25) is 0 Å². The number of hydrogen-bond donors (Lipinski definition) is 0. The predicted molar refractivity (Wildman–Crippen MR) is 39.2 cm³/mol. The smallest absolute Gasteiger partial charge is 0.0355 e. The predicted octanol–water partition coefficient (Wildman–Crippen LogP) is 2.83.